The van der Waals surface area contributed by atoms with Crippen LogP contribution in [0.1, 0.15) is 35.3 Å². The van der Waals surface area contributed by atoms with Crippen molar-refractivity contribution in [1.29, 1.82) is 0 Å². The van der Waals surface area contributed by atoms with Crippen molar-refractivity contribution in [2.75, 3.05) is 18.5 Å². The van der Waals surface area contributed by atoms with Crippen LogP contribution in [0.3, 0.4) is 0 Å². The predicted octanol–water partition coefficient (Wildman–Crippen LogP) is 4.22. The van der Waals surface area contributed by atoms with Crippen LogP contribution in [0.5, 0.6) is 5.75 Å². The SMILES string of the molecule is Cc1cc(C(=O)NCC(C)C)ccc1NC(=O)C1COc2ccc(Cl)cc2C1. The molecule has 0 saturated heterocycles. The van der Waals surface area contributed by atoms with Crippen molar-refractivity contribution in [2.45, 2.75) is 27.2 Å². The standard InChI is InChI=1S/C22H25ClN2O3/c1-13(2)11-24-21(26)15-4-6-19(14(3)8-15)25-22(27)17-9-16-10-18(23)5-7-20(16)28-12-17/h4-8,10,13,17H,9,11-12H2,1-3H3,(H,24,26)(H,25,27). The fourth-order valence-electron chi connectivity index (χ4n) is 3.11. The minimum Gasteiger partial charge on any atom is -0.492 e. The van der Waals surface area contributed by atoms with E-state index in [1.54, 1.807) is 24.3 Å². The molecule has 0 aromatic heterocycles. The second-order valence-electron chi connectivity index (χ2n) is 7.59. The Morgan fingerprint density at radius 2 is 2.00 bits per heavy atom. The molecule has 5 nitrogen and oxygen atoms in total. The average molecular weight is 401 g/mol. The summed E-state index contributed by atoms with van der Waals surface area (Å²) in [5, 5.41) is 6.49. The Balaban J connectivity index is 1.65. The summed E-state index contributed by atoms with van der Waals surface area (Å²) in [6.07, 6.45) is 0.580. The highest BCUT2D eigenvalue weighted by Gasteiger charge is 2.26. The second kappa shape index (κ2) is 8.65. The van der Waals surface area contributed by atoms with Gasteiger partial charge in [0.05, 0.1) is 5.92 Å². The van der Waals surface area contributed by atoms with E-state index in [0.717, 1.165) is 16.9 Å². The van der Waals surface area contributed by atoms with Crippen molar-refractivity contribution in [2.24, 2.45) is 11.8 Å². The van der Waals surface area contributed by atoms with E-state index in [9.17, 15) is 9.59 Å². The molecule has 1 aliphatic heterocycles. The minimum atomic E-state index is -0.292. The monoisotopic (exact) mass is 400 g/mol. The highest BCUT2D eigenvalue weighted by atomic mass is 35.5. The van der Waals surface area contributed by atoms with Gasteiger partial charge in [0.15, 0.2) is 0 Å². The molecule has 2 aromatic rings. The Morgan fingerprint density at radius 3 is 2.71 bits per heavy atom. The first-order chi connectivity index (χ1) is 13.3. The average Bonchev–Trinajstić information content (AvgIpc) is 2.66. The maximum absolute atomic E-state index is 12.7. The maximum atomic E-state index is 12.7. The first kappa shape index (κ1) is 20.2. The number of carbonyl (C=O) groups excluding carboxylic acids is 2. The third-order valence-corrected chi connectivity index (χ3v) is 4.95. The van der Waals surface area contributed by atoms with Crippen LogP contribution in [0.15, 0.2) is 36.4 Å². The summed E-state index contributed by atoms with van der Waals surface area (Å²) in [6.45, 7) is 6.93. The van der Waals surface area contributed by atoms with Crippen LogP contribution in [0.25, 0.3) is 0 Å². The molecule has 0 bridgehead atoms. The predicted molar refractivity (Wildman–Crippen MR) is 111 cm³/mol. The first-order valence-corrected chi connectivity index (χ1v) is 9.82. The molecule has 1 aliphatic rings. The van der Waals surface area contributed by atoms with Gasteiger partial charge in [0.25, 0.3) is 5.91 Å². The van der Waals surface area contributed by atoms with Crippen LogP contribution in [-0.4, -0.2) is 25.0 Å². The molecule has 3 rings (SSSR count). The third-order valence-electron chi connectivity index (χ3n) is 4.72. The molecular formula is C22H25ClN2O3. The van der Waals surface area contributed by atoms with Crippen LogP contribution in [-0.2, 0) is 11.2 Å². The number of fused-ring (bicyclic) bond motifs is 1. The fourth-order valence-corrected chi connectivity index (χ4v) is 3.31. The number of amides is 2. The zero-order chi connectivity index (χ0) is 20.3. The Labute approximate surface area is 170 Å². The number of hydrogen-bond donors (Lipinski definition) is 2. The Kier molecular flexibility index (Phi) is 6.25. The van der Waals surface area contributed by atoms with Gasteiger partial charge in [-0.3, -0.25) is 9.59 Å². The number of benzene rings is 2. The van der Waals surface area contributed by atoms with Crippen molar-refractivity contribution in [3.8, 4) is 5.75 Å². The number of nitrogens with one attached hydrogen (secondary N) is 2. The van der Waals surface area contributed by atoms with Gasteiger partial charge >= 0.3 is 0 Å². The van der Waals surface area contributed by atoms with Crippen LogP contribution in [0.2, 0.25) is 5.02 Å². The third kappa shape index (κ3) is 4.84. The number of aryl methyl sites for hydroxylation is 1. The lowest BCUT2D eigenvalue weighted by atomic mass is 9.95. The highest BCUT2D eigenvalue weighted by molar-refractivity contribution is 6.30. The van der Waals surface area contributed by atoms with E-state index in [1.165, 1.54) is 0 Å². The van der Waals surface area contributed by atoms with Gasteiger partial charge in [0, 0.05) is 22.8 Å². The molecule has 0 aliphatic carbocycles. The molecule has 1 heterocycles. The summed E-state index contributed by atoms with van der Waals surface area (Å²) in [4.78, 5) is 24.9. The number of ether oxygens (including phenoxy) is 1. The lowest BCUT2D eigenvalue weighted by Crippen LogP contribution is -2.32. The fraction of sp³-hybridized carbons (Fsp3) is 0.364. The molecule has 2 N–H and O–H groups in total. The van der Waals surface area contributed by atoms with Gasteiger partial charge in [-0.25, -0.2) is 0 Å². The second-order valence-corrected chi connectivity index (χ2v) is 8.02. The molecule has 0 radical (unpaired) electrons. The molecule has 2 aromatic carbocycles. The zero-order valence-corrected chi connectivity index (χ0v) is 17.1. The van der Waals surface area contributed by atoms with Gasteiger partial charge in [-0.1, -0.05) is 25.4 Å². The molecule has 0 saturated carbocycles. The lowest BCUT2D eigenvalue weighted by Gasteiger charge is -2.25. The van der Waals surface area contributed by atoms with Gasteiger partial charge in [-0.2, -0.15) is 0 Å². The largest absolute Gasteiger partial charge is 0.492 e. The van der Waals surface area contributed by atoms with E-state index in [1.807, 2.05) is 32.9 Å². The van der Waals surface area contributed by atoms with E-state index in [4.69, 9.17) is 16.3 Å². The molecule has 6 heteroatoms. The molecule has 1 unspecified atom stereocenters. The summed E-state index contributed by atoms with van der Waals surface area (Å²) in [5.74, 6) is 0.664. The van der Waals surface area contributed by atoms with E-state index in [-0.39, 0.29) is 17.7 Å². The molecule has 0 spiro atoms. The van der Waals surface area contributed by atoms with Crippen LogP contribution < -0.4 is 15.4 Å². The van der Waals surface area contributed by atoms with E-state index < -0.39 is 0 Å². The normalized spacial score (nSPS) is 15.5. The number of rotatable bonds is 5. The van der Waals surface area contributed by atoms with Crippen molar-refractivity contribution in [3.63, 3.8) is 0 Å². The topological polar surface area (TPSA) is 67.4 Å². The summed E-state index contributed by atoms with van der Waals surface area (Å²) < 4.78 is 5.70. The molecule has 148 valence electrons. The maximum Gasteiger partial charge on any atom is 0.251 e. The van der Waals surface area contributed by atoms with Crippen LogP contribution >= 0.6 is 11.6 Å². The Bertz CT molecular complexity index is 895. The van der Waals surface area contributed by atoms with Crippen molar-refractivity contribution in [1.82, 2.24) is 5.32 Å². The summed E-state index contributed by atoms with van der Waals surface area (Å²) in [5.41, 5.74) is 3.06. The molecule has 2 amide bonds. The summed E-state index contributed by atoms with van der Waals surface area (Å²) >= 11 is 6.05. The molecule has 28 heavy (non-hydrogen) atoms. The number of anilines is 1. The van der Waals surface area contributed by atoms with Crippen LogP contribution in [0.4, 0.5) is 5.69 Å². The van der Waals surface area contributed by atoms with E-state index >= 15 is 0 Å². The summed E-state index contributed by atoms with van der Waals surface area (Å²) in [7, 11) is 0. The van der Waals surface area contributed by atoms with Gasteiger partial charge in [0.1, 0.15) is 12.4 Å². The smallest absolute Gasteiger partial charge is 0.251 e. The van der Waals surface area contributed by atoms with E-state index in [2.05, 4.69) is 10.6 Å². The Hall–Kier alpha value is -2.53. The van der Waals surface area contributed by atoms with Gasteiger partial charge in [0.2, 0.25) is 5.91 Å². The quantitative estimate of drug-likeness (QED) is 0.789. The van der Waals surface area contributed by atoms with Gasteiger partial charge in [-0.05, 0) is 66.8 Å². The van der Waals surface area contributed by atoms with Gasteiger partial charge < -0.3 is 15.4 Å². The number of halogens is 1. The van der Waals surface area contributed by atoms with Gasteiger partial charge in [-0.15, -0.1) is 0 Å². The zero-order valence-electron chi connectivity index (χ0n) is 16.3. The summed E-state index contributed by atoms with van der Waals surface area (Å²) in [6, 6.07) is 10.7. The number of hydrogen-bond acceptors (Lipinski definition) is 3. The number of carbonyl (C=O) groups is 2. The van der Waals surface area contributed by atoms with Crippen molar-refractivity contribution in [3.05, 3.63) is 58.1 Å². The van der Waals surface area contributed by atoms with E-state index in [0.29, 0.717) is 41.8 Å². The van der Waals surface area contributed by atoms with Crippen molar-refractivity contribution >= 4 is 29.1 Å². The first-order valence-electron chi connectivity index (χ1n) is 9.44. The highest BCUT2D eigenvalue weighted by Crippen LogP contribution is 2.30. The molecule has 0 fully saturated rings. The Morgan fingerprint density at radius 1 is 1.21 bits per heavy atom. The molecule has 1 atom stereocenters. The lowest BCUT2D eigenvalue weighted by molar-refractivity contribution is -0.121. The molecular weight excluding hydrogens is 376 g/mol. The minimum absolute atomic E-state index is 0.106. The van der Waals surface area contributed by atoms with Crippen LogP contribution in [0, 0.1) is 18.8 Å². The van der Waals surface area contributed by atoms with Crippen molar-refractivity contribution < 1.29 is 14.3 Å².